The van der Waals surface area contributed by atoms with Gasteiger partial charge in [0.05, 0.1) is 26.2 Å². The second-order valence-electron chi connectivity index (χ2n) is 6.19. The van der Waals surface area contributed by atoms with Crippen molar-refractivity contribution in [2.75, 3.05) is 24.9 Å². The SMILES string of the molecule is COc1ccc(CC(=O)Nc2ccc(NC(=O)c3cccnc3)cc2)cc1OC. The molecule has 0 fully saturated rings. The predicted molar refractivity (Wildman–Crippen MR) is 111 cm³/mol. The molecule has 7 heteroatoms. The van der Waals surface area contributed by atoms with E-state index < -0.39 is 0 Å². The minimum Gasteiger partial charge on any atom is -0.493 e. The summed E-state index contributed by atoms with van der Waals surface area (Å²) in [6, 6.07) is 15.6. The van der Waals surface area contributed by atoms with Crippen molar-refractivity contribution in [3.63, 3.8) is 0 Å². The Balaban J connectivity index is 1.58. The zero-order valence-electron chi connectivity index (χ0n) is 16.1. The highest BCUT2D eigenvalue weighted by molar-refractivity contribution is 6.04. The van der Waals surface area contributed by atoms with Gasteiger partial charge in [-0.15, -0.1) is 0 Å². The van der Waals surface area contributed by atoms with Gasteiger partial charge in [0.1, 0.15) is 0 Å². The van der Waals surface area contributed by atoms with Crippen LogP contribution in [0.2, 0.25) is 0 Å². The molecule has 2 amide bonds. The van der Waals surface area contributed by atoms with Gasteiger partial charge >= 0.3 is 0 Å². The van der Waals surface area contributed by atoms with Crippen molar-refractivity contribution in [1.82, 2.24) is 4.98 Å². The highest BCUT2D eigenvalue weighted by Gasteiger charge is 2.09. The molecule has 148 valence electrons. The van der Waals surface area contributed by atoms with Gasteiger partial charge in [-0.05, 0) is 54.1 Å². The number of anilines is 2. The highest BCUT2D eigenvalue weighted by atomic mass is 16.5. The summed E-state index contributed by atoms with van der Waals surface area (Å²) in [6.45, 7) is 0. The van der Waals surface area contributed by atoms with Gasteiger partial charge in [0.15, 0.2) is 11.5 Å². The molecule has 0 bridgehead atoms. The Bertz CT molecular complexity index is 989. The Morgan fingerprint density at radius 1 is 0.897 bits per heavy atom. The first kappa shape index (κ1) is 19.9. The fourth-order valence-corrected chi connectivity index (χ4v) is 2.72. The number of benzene rings is 2. The summed E-state index contributed by atoms with van der Waals surface area (Å²) in [5, 5.41) is 5.62. The van der Waals surface area contributed by atoms with Crippen molar-refractivity contribution in [3.8, 4) is 11.5 Å². The molecule has 0 atom stereocenters. The van der Waals surface area contributed by atoms with Crippen molar-refractivity contribution in [2.24, 2.45) is 0 Å². The molecule has 2 N–H and O–H groups in total. The third kappa shape index (κ3) is 5.32. The van der Waals surface area contributed by atoms with Gasteiger partial charge in [0.25, 0.3) is 5.91 Å². The summed E-state index contributed by atoms with van der Waals surface area (Å²) in [5.74, 6) is 0.778. The lowest BCUT2D eigenvalue weighted by molar-refractivity contribution is -0.115. The average Bonchev–Trinajstić information content (AvgIpc) is 2.75. The molecule has 0 saturated carbocycles. The van der Waals surface area contributed by atoms with Crippen molar-refractivity contribution in [3.05, 3.63) is 78.1 Å². The van der Waals surface area contributed by atoms with E-state index in [2.05, 4.69) is 15.6 Å². The highest BCUT2D eigenvalue weighted by Crippen LogP contribution is 2.27. The molecule has 3 rings (SSSR count). The van der Waals surface area contributed by atoms with E-state index in [1.807, 2.05) is 6.07 Å². The maximum absolute atomic E-state index is 12.3. The van der Waals surface area contributed by atoms with Gasteiger partial charge in [-0.1, -0.05) is 6.07 Å². The second-order valence-corrected chi connectivity index (χ2v) is 6.19. The van der Waals surface area contributed by atoms with Crippen molar-refractivity contribution in [2.45, 2.75) is 6.42 Å². The number of nitrogens with one attached hydrogen (secondary N) is 2. The topological polar surface area (TPSA) is 89.6 Å². The molecule has 3 aromatic rings. The van der Waals surface area contributed by atoms with Crippen LogP contribution in [0, 0.1) is 0 Å². The fraction of sp³-hybridized carbons (Fsp3) is 0.136. The van der Waals surface area contributed by atoms with Crippen LogP contribution >= 0.6 is 0 Å². The number of pyridine rings is 1. The Kier molecular flexibility index (Phi) is 6.42. The number of aromatic nitrogens is 1. The molecular weight excluding hydrogens is 370 g/mol. The first-order valence-electron chi connectivity index (χ1n) is 8.91. The average molecular weight is 391 g/mol. The summed E-state index contributed by atoms with van der Waals surface area (Å²) in [4.78, 5) is 28.4. The molecule has 1 aromatic heterocycles. The minimum absolute atomic E-state index is 0.163. The van der Waals surface area contributed by atoms with E-state index in [1.165, 1.54) is 6.20 Å². The van der Waals surface area contributed by atoms with Crippen molar-refractivity contribution >= 4 is 23.2 Å². The Labute approximate surface area is 168 Å². The molecule has 0 saturated heterocycles. The summed E-state index contributed by atoms with van der Waals surface area (Å²) in [7, 11) is 3.11. The lowest BCUT2D eigenvalue weighted by Crippen LogP contribution is -2.15. The van der Waals surface area contributed by atoms with E-state index in [-0.39, 0.29) is 18.2 Å². The normalized spacial score (nSPS) is 10.1. The van der Waals surface area contributed by atoms with Gasteiger partial charge < -0.3 is 20.1 Å². The summed E-state index contributed by atoms with van der Waals surface area (Å²) < 4.78 is 10.5. The minimum atomic E-state index is -0.247. The van der Waals surface area contributed by atoms with Gasteiger partial charge in [0, 0.05) is 23.8 Å². The third-order valence-corrected chi connectivity index (χ3v) is 4.16. The van der Waals surface area contributed by atoms with Crippen LogP contribution in [0.15, 0.2) is 67.0 Å². The summed E-state index contributed by atoms with van der Waals surface area (Å²) in [5.41, 5.74) is 2.53. The maximum atomic E-state index is 12.3. The molecule has 0 radical (unpaired) electrons. The molecule has 0 spiro atoms. The van der Waals surface area contributed by atoms with Crippen LogP contribution in [-0.4, -0.2) is 31.0 Å². The fourth-order valence-electron chi connectivity index (χ4n) is 2.72. The number of rotatable bonds is 7. The third-order valence-electron chi connectivity index (χ3n) is 4.16. The molecule has 0 unspecified atom stereocenters. The number of carbonyl (C=O) groups is 2. The second kappa shape index (κ2) is 9.36. The monoisotopic (exact) mass is 391 g/mol. The standard InChI is InChI=1S/C22H21N3O4/c1-28-19-10-5-15(12-20(19)29-2)13-21(26)24-17-6-8-18(9-7-17)25-22(27)16-4-3-11-23-14-16/h3-12,14H,13H2,1-2H3,(H,24,26)(H,25,27). The molecule has 29 heavy (non-hydrogen) atoms. The number of ether oxygens (including phenoxy) is 2. The first-order chi connectivity index (χ1) is 14.1. The molecule has 1 heterocycles. The molecule has 0 aliphatic rings. The maximum Gasteiger partial charge on any atom is 0.257 e. The van der Waals surface area contributed by atoms with Crippen LogP contribution in [-0.2, 0) is 11.2 Å². The Hall–Kier alpha value is -3.87. The van der Waals surface area contributed by atoms with Gasteiger partial charge in [-0.3, -0.25) is 14.6 Å². The Morgan fingerprint density at radius 2 is 1.59 bits per heavy atom. The largest absolute Gasteiger partial charge is 0.493 e. The van der Waals surface area contributed by atoms with E-state index in [9.17, 15) is 9.59 Å². The summed E-state index contributed by atoms with van der Waals surface area (Å²) >= 11 is 0. The lowest BCUT2D eigenvalue weighted by atomic mass is 10.1. The number of methoxy groups -OCH3 is 2. The Morgan fingerprint density at radius 3 is 2.21 bits per heavy atom. The number of carbonyl (C=O) groups excluding carboxylic acids is 2. The van der Waals surface area contributed by atoms with Crippen LogP contribution in [0.4, 0.5) is 11.4 Å². The molecule has 2 aromatic carbocycles. The quantitative estimate of drug-likeness (QED) is 0.643. The van der Waals surface area contributed by atoms with Crippen LogP contribution < -0.4 is 20.1 Å². The van der Waals surface area contributed by atoms with E-state index in [1.54, 1.807) is 68.9 Å². The van der Waals surface area contributed by atoms with Gasteiger partial charge in [-0.25, -0.2) is 0 Å². The molecule has 0 aliphatic heterocycles. The summed E-state index contributed by atoms with van der Waals surface area (Å²) in [6.07, 6.45) is 3.30. The van der Waals surface area contributed by atoms with Gasteiger partial charge in [-0.2, -0.15) is 0 Å². The smallest absolute Gasteiger partial charge is 0.257 e. The zero-order valence-corrected chi connectivity index (χ0v) is 16.1. The molecule has 7 nitrogen and oxygen atoms in total. The molecular formula is C22H21N3O4. The predicted octanol–water partition coefficient (Wildman–Crippen LogP) is 3.53. The van der Waals surface area contributed by atoms with Gasteiger partial charge in [0.2, 0.25) is 5.91 Å². The van der Waals surface area contributed by atoms with Crippen molar-refractivity contribution in [1.29, 1.82) is 0 Å². The first-order valence-corrected chi connectivity index (χ1v) is 8.91. The zero-order chi connectivity index (χ0) is 20.6. The van der Waals surface area contributed by atoms with Crippen LogP contribution in [0.5, 0.6) is 11.5 Å². The van der Waals surface area contributed by atoms with Crippen molar-refractivity contribution < 1.29 is 19.1 Å². The number of hydrogen-bond donors (Lipinski definition) is 2. The number of hydrogen-bond acceptors (Lipinski definition) is 5. The van der Waals surface area contributed by atoms with Crippen LogP contribution in [0.3, 0.4) is 0 Å². The van der Waals surface area contributed by atoms with Crippen LogP contribution in [0.1, 0.15) is 15.9 Å². The number of amides is 2. The lowest BCUT2D eigenvalue weighted by Gasteiger charge is -2.10. The van der Waals surface area contributed by atoms with Crippen LogP contribution in [0.25, 0.3) is 0 Å². The number of nitrogens with zero attached hydrogens (tertiary/aromatic N) is 1. The van der Waals surface area contributed by atoms with E-state index in [0.717, 1.165) is 5.56 Å². The van der Waals surface area contributed by atoms with E-state index in [0.29, 0.717) is 28.4 Å². The van der Waals surface area contributed by atoms with E-state index in [4.69, 9.17) is 9.47 Å². The van der Waals surface area contributed by atoms with E-state index >= 15 is 0 Å². The molecule has 0 aliphatic carbocycles.